The highest BCUT2D eigenvalue weighted by molar-refractivity contribution is 5.77. The summed E-state index contributed by atoms with van der Waals surface area (Å²) in [5, 5.41) is 13.3. The second-order valence-electron chi connectivity index (χ2n) is 7.25. The van der Waals surface area contributed by atoms with Gasteiger partial charge in [0.1, 0.15) is 0 Å². The molecule has 1 aromatic carbocycles. The third kappa shape index (κ3) is 4.12. The first-order chi connectivity index (χ1) is 11.1. The number of carbonyl (C=O) groups excluding carboxylic acids is 1. The molecule has 1 fully saturated rings. The molecule has 1 aromatic rings. The van der Waals surface area contributed by atoms with Crippen molar-refractivity contribution >= 4 is 5.91 Å². The fourth-order valence-electron chi connectivity index (χ4n) is 3.86. The summed E-state index contributed by atoms with van der Waals surface area (Å²) in [6.45, 7) is 4.81. The van der Waals surface area contributed by atoms with Gasteiger partial charge in [-0.05, 0) is 37.3 Å². The van der Waals surface area contributed by atoms with E-state index >= 15 is 0 Å². The Morgan fingerprint density at radius 3 is 2.74 bits per heavy atom. The second-order valence-corrected chi connectivity index (χ2v) is 7.25. The van der Waals surface area contributed by atoms with Gasteiger partial charge in [0.15, 0.2) is 0 Å². The second kappa shape index (κ2) is 7.02. The minimum Gasteiger partial charge on any atom is -0.389 e. The van der Waals surface area contributed by atoms with Crippen LogP contribution in [0, 0.1) is 0 Å². The van der Waals surface area contributed by atoms with E-state index in [1.165, 1.54) is 11.1 Å². The normalized spacial score (nSPS) is 21.7. The molecule has 1 aliphatic carbocycles. The number of nitrogens with zero attached hydrogens (tertiary/aromatic N) is 1. The zero-order valence-corrected chi connectivity index (χ0v) is 14.1. The maximum atomic E-state index is 12.1. The smallest absolute Gasteiger partial charge is 0.222 e. The Morgan fingerprint density at radius 1 is 1.30 bits per heavy atom. The third-order valence-electron chi connectivity index (χ3n) is 5.40. The highest BCUT2D eigenvalue weighted by Crippen LogP contribution is 2.32. The molecule has 0 aromatic heterocycles. The average molecular weight is 316 g/mol. The van der Waals surface area contributed by atoms with Gasteiger partial charge in [-0.15, -0.1) is 0 Å². The van der Waals surface area contributed by atoms with Crippen molar-refractivity contribution in [3.8, 4) is 0 Å². The van der Waals surface area contributed by atoms with E-state index in [4.69, 9.17) is 0 Å². The fraction of sp³-hybridized carbons (Fsp3) is 0.632. The van der Waals surface area contributed by atoms with E-state index < -0.39 is 5.60 Å². The molecule has 1 saturated carbocycles. The summed E-state index contributed by atoms with van der Waals surface area (Å²) >= 11 is 0. The number of hydrogen-bond acceptors (Lipinski definition) is 3. The lowest BCUT2D eigenvalue weighted by atomic mass is 9.97. The SMILES string of the molecule is CC(CNC(=O)CC1(O)CCCC1)N1CCc2ccccc2C1. The maximum absolute atomic E-state index is 12.1. The largest absolute Gasteiger partial charge is 0.389 e. The van der Waals surface area contributed by atoms with Gasteiger partial charge in [0.25, 0.3) is 0 Å². The molecule has 3 rings (SSSR count). The first-order valence-electron chi connectivity index (χ1n) is 8.86. The number of amides is 1. The van der Waals surface area contributed by atoms with E-state index in [0.29, 0.717) is 12.6 Å². The minimum absolute atomic E-state index is 0.0151. The maximum Gasteiger partial charge on any atom is 0.222 e. The van der Waals surface area contributed by atoms with Crippen molar-refractivity contribution in [3.63, 3.8) is 0 Å². The first kappa shape index (κ1) is 16.5. The van der Waals surface area contributed by atoms with Crippen molar-refractivity contribution in [1.29, 1.82) is 0 Å². The molecule has 126 valence electrons. The molecule has 0 spiro atoms. The van der Waals surface area contributed by atoms with E-state index in [2.05, 4.69) is 41.4 Å². The summed E-state index contributed by atoms with van der Waals surface area (Å²) in [5.74, 6) is -0.0151. The Labute approximate surface area is 138 Å². The lowest BCUT2D eigenvalue weighted by Crippen LogP contribution is -2.45. The predicted octanol–water partition coefficient (Wildman–Crippen LogP) is 2.24. The number of rotatable bonds is 5. The van der Waals surface area contributed by atoms with Crippen LogP contribution in [0.1, 0.15) is 50.2 Å². The summed E-state index contributed by atoms with van der Waals surface area (Å²) < 4.78 is 0. The zero-order chi connectivity index (χ0) is 16.3. The van der Waals surface area contributed by atoms with Crippen molar-refractivity contribution in [2.45, 2.75) is 63.6 Å². The molecule has 0 radical (unpaired) electrons. The summed E-state index contributed by atoms with van der Waals surface area (Å²) in [6.07, 6.45) is 4.93. The van der Waals surface area contributed by atoms with Crippen molar-refractivity contribution in [3.05, 3.63) is 35.4 Å². The third-order valence-corrected chi connectivity index (χ3v) is 5.40. The molecule has 1 amide bonds. The van der Waals surface area contributed by atoms with E-state index in [1.807, 2.05) is 0 Å². The highest BCUT2D eigenvalue weighted by Gasteiger charge is 2.33. The zero-order valence-electron chi connectivity index (χ0n) is 14.1. The molecular weight excluding hydrogens is 288 g/mol. The molecule has 0 bridgehead atoms. The summed E-state index contributed by atoms with van der Waals surface area (Å²) in [6, 6.07) is 8.91. The van der Waals surface area contributed by atoms with Crippen LogP contribution in [0.4, 0.5) is 0 Å². The van der Waals surface area contributed by atoms with Gasteiger partial charge in [0, 0.05) is 25.7 Å². The van der Waals surface area contributed by atoms with Crippen LogP contribution >= 0.6 is 0 Å². The summed E-state index contributed by atoms with van der Waals surface area (Å²) in [4.78, 5) is 14.5. The monoisotopic (exact) mass is 316 g/mol. The van der Waals surface area contributed by atoms with Gasteiger partial charge in [0.2, 0.25) is 5.91 Å². The standard InChI is InChI=1S/C19H28N2O2/c1-15(13-20-18(22)12-19(23)9-4-5-10-19)21-11-8-16-6-2-3-7-17(16)14-21/h2-3,6-7,15,23H,4-5,8-14H2,1H3,(H,20,22). The molecule has 2 aliphatic rings. The minimum atomic E-state index is -0.753. The van der Waals surface area contributed by atoms with Crippen molar-refractivity contribution in [2.75, 3.05) is 13.1 Å². The molecule has 0 saturated heterocycles. The molecule has 1 atom stereocenters. The highest BCUT2D eigenvalue weighted by atomic mass is 16.3. The van der Waals surface area contributed by atoms with Crippen LogP contribution in [0.25, 0.3) is 0 Å². The summed E-state index contributed by atoms with van der Waals surface area (Å²) in [5.41, 5.74) is 2.10. The Hall–Kier alpha value is -1.39. The first-order valence-corrected chi connectivity index (χ1v) is 8.86. The average Bonchev–Trinajstić information content (AvgIpc) is 2.98. The molecule has 4 heteroatoms. The van der Waals surface area contributed by atoms with Crippen LogP contribution in [-0.4, -0.2) is 40.6 Å². The van der Waals surface area contributed by atoms with Gasteiger partial charge in [-0.1, -0.05) is 37.1 Å². The lowest BCUT2D eigenvalue weighted by Gasteiger charge is -2.34. The predicted molar refractivity (Wildman–Crippen MR) is 91.1 cm³/mol. The number of carbonyl (C=O) groups is 1. The van der Waals surface area contributed by atoms with Crippen molar-refractivity contribution in [2.24, 2.45) is 0 Å². The van der Waals surface area contributed by atoms with Crippen molar-refractivity contribution < 1.29 is 9.90 Å². The molecule has 4 nitrogen and oxygen atoms in total. The van der Waals surface area contributed by atoms with Crippen LogP contribution in [0.2, 0.25) is 0 Å². The fourth-order valence-corrected chi connectivity index (χ4v) is 3.86. The number of benzene rings is 1. The van der Waals surface area contributed by atoms with Gasteiger partial charge < -0.3 is 10.4 Å². The molecule has 1 aliphatic heterocycles. The van der Waals surface area contributed by atoms with Gasteiger partial charge in [-0.3, -0.25) is 9.69 Å². The Morgan fingerprint density at radius 2 is 2.00 bits per heavy atom. The Balaban J connectivity index is 1.46. The van der Waals surface area contributed by atoms with Crippen LogP contribution in [-0.2, 0) is 17.8 Å². The molecule has 2 N–H and O–H groups in total. The Kier molecular flexibility index (Phi) is 5.02. The van der Waals surface area contributed by atoms with Gasteiger partial charge >= 0.3 is 0 Å². The number of nitrogens with one attached hydrogen (secondary N) is 1. The number of hydrogen-bond donors (Lipinski definition) is 2. The number of fused-ring (bicyclic) bond motifs is 1. The van der Waals surface area contributed by atoms with Crippen molar-refractivity contribution in [1.82, 2.24) is 10.2 Å². The number of aliphatic hydroxyl groups is 1. The summed E-state index contributed by atoms with van der Waals surface area (Å²) in [7, 11) is 0. The Bertz CT molecular complexity index is 552. The van der Waals surface area contributed by atoms with Gasteiger partial charge in [0.05, 0.1) is 12.0 Å². The van der Waals surface area contributed by atoms with E-state index in [-0.39, 0.29) is 12.3 Å². The van der Waals surface area contributed by atoms with Gasteiger partial charge in [-0.2, -0.15) is 0 Å². The molecule has 23 heavy (non-hydrogen) atoms. The van der Waals surface area contributed by atoms with E-state index in [9.17, 15) is 9.90 Å². The molecular formula is C19H28N2O2. The van der Waals surface area contributed by atoms with E-state index in [1.54, 1.807) is 0 Å². The van der Waals surface area contributed by atoms with Crippen LogP contribution in [0.5, 0.6) is 0 Å². The lowest BCUT2D eigenvalue weighted by molar-refractivity contribution is -0.126. The van der Waals surface area contributed by atoms with Crippen LogP contribution < -0.4 is 5.32 Å². The van der Waals surface area contributed by atoms with Gasteiger partial charge in [-0.25, -0.2) is 0 Å². The van der Waals surface area contributed by atoms with E-state index in [0.717, 1.165) is 45.2 Å². The van der Waals surface area contributed by atoms with Crippen LogP contribution in [0.15, 0.2) is 24.3 Å². The topological polar surface area (TPSA) is 52.6 Å². The molecule has 1 heterocycles. The molecule has 1 unspecified atom stereocenters. The quantitative estimate of drug-likeness (QED) is 0.876. The van der Waals surface area contributed by atoms with Crippen LogP contribution in [0.3, 0.4) is 0 Å².